The summed E-state index contributed by atoms with van der Waals surface area (Å²) in [5.41, 5.74) is 5.24. The van der Waals surface area contributed by atoms with Crippen LogP contribution in [0.25, 0.3) is 0 Å². The highest BCUT2D eigenvalue weighted by molar-refractivity contribution is 5.78. The van der Waals surface area contributed by atoms with Gasteiger partial charge in [0.25, 0.3) is 0 Å². The summed E-state index contributed by atoms with van der Waals surface area (Å²) in [6, 6.07) is 5.17. The number of hydrogen-bond donors (Lipinski definition) is 3. The number of alkyl halides is 3. The van der Waals surface area contributed by atoms with Gasteiger partial charge < -0.3 is 16.4 Å². The van der Waals surface area contributed by atoms with Crippen LogP contribution in [0.5, 0.6) is 0 Å². The monoisotopic (exact) mass is 325 g/mol. The number of para-hydroxylation sites is 1. The number of nitrogens with two attached hydrogens (primary N) is 1. The SMILES string of the molecule is CCCCNc1ncnc(Nc2ccccc2C(F)(F)F)c1N. The van der Waals surface area contributed by atoms with Gasteiger partial charge in [0.1, 0.15) is 12.0 Å². The maximum atomic E-state index is 13.0. The van der Waals surface area contributed by atoms with Crippen LogP contribution in [0.3, 0.4) is 0 Å². The van der Waals surface area contributed by atoms with E-state index >= 15 is 0 Å². The Morgan fingerprint density at radius 3 is 2.52 bits per heavy atom. The molecule has 0 spiro atoms. The average Bonchev–Trinajstić information content (AvgIpc) is 2.50. The van der Waals surface area contributed by atoms with E-state index in [1.165, 1.54) is 24.5 Å². The topological polar surface area (TPSA) is 75.9 Å². The van der Waals surface area contributed by atoms with Gasteiger partial charge in [0, 0.05) is 6.54 Å². The Balaban J connectivity index is 2.26. The van der Waals surface area contributed by atoms with Gasteiger partial charge in [-0.3, -0.25) is 0 Å². The maximum absolute atomic E-state index is 13.0. The van der Waals surface area contributed by atoms with Crippen molar-refractivity contribution in [3.8, 4) is 0 Å². The van der Waals surface area contributed by atoms with Gasteiger partial charge in [-0.1, -0.05) is 25.5 Å². The standard InChI is InChI=1S/C15H18F3N5/c1-2-3-8-20-13-12(19)14(22-9-21-13)23-11-7-5-4-6-10(11)15(16,17)18/h4-7,9H,2-3,8,19H2,1H3,(H2,20,21,22,23). The maximum Gasteiger partial charge on any atom is 0.418 e. The summed E-state index contributed by atoms with van der Waals surface area (Å²) in [5.74, 6) is 0.538. The zero-order valence-corrected chi connectivity index (χ0v) is 12.6. The minimum absolute atomic E-state index is 0.107. The van der Waals surface area contributed by atoms with Crippen molar-refractivity contribution in [2.24, 2.45) is 0 Å². The summed E-state index contributed by atoms with van der Waals surface area (Å²) in [6.45, 7) is 2.72. The van der Waals surface area contributed by atoms with E-state index in [9.17, 15) is 13.2 Å². The lowest BCUT2D eigenvalue weighted by molar-refractivity contribution is -0.136. The van der Waals surface area contributed by atoms with Gasteiger partial charge >= 0.3 is 6.18 Å². The zero-order chi connectivity index (χ0) is 16.9. The summed E-state index contributed by atoms with van der Waals surface area (Å²) in [4.78, 5) is 7.95. The van der Waals surface area contributed by atoms with Crippen molar-refractivity contribution in [3.05, 3.63) is 36.2 Å². The fourth-order valence-electron chi connectivity index (χ4n) is 1.99. The van der Waals surface area contributed by atoms with Crippen molar-refractivity contribution in [2.45, 2.75) is 25.9 Å². The lowest BCUT2D eigenvalue weighted by Gasteiger charge is -2.16. The molecule has 0 amide bonds. The predicted octanol–water partition coefficient (Wildman–Crippen LogP) is 4.03. The lowest BCUT2D eigenvalue weighted by Crippen LogP contribution is -2.11. The van der Waals surface area contributed by atoms with Gasteiger partial charge in [-0.2, -0.15) is 13.2 Å². The van der Waals surface area contributed by atoms with E-state index in [-0.39, 0.29) is 17.2 Å². The summed E-state index contributed by atoms with van der Waals surface area (Å²) < 4.78 is 39.1. The quantitative estimate of drug-likeness (QED) is 0.699. The Kier molecular flexibility index (Phi) is 5.25. The molecule has 2 aromatic rings. The normalized spacial score (nSPS) is 11.3. The molecule has 23 heavy (non-hydrogen) atoms. The molecular weight excluding hydrogens is 307 g/mol. The van der Waals surface area contributed by atoms with Gasteiger partial charge in [-0.15, -0.1) is 0 Å². The van der Waals surface area contributed by atoms with Crippen molar-refractivity contribution in [3.63, 3.8) is 0 Å². The van der Waals surface area contributed by atoms with E-state index in [0.717, 1.165) is 18.9 Å². The molecule has 0 radical (unpaired) electrons. The third-order valence-electron chi connectivity index (χ3n) is 3.19. The highest BCUT2D eigenvalue weighted by atomic mass is 19.4. The van der Waals surface area contributed by atoms with E-state index in [2.05, 4.69) is 20.6 Å². The van der Waals surface area contributed by atoms with Crippen LogP contribution >= 0.6 is 0 Å². The molecule has 8 heteroatoms. The molecule has 124 valence electrons. The molecule has 5 nitrogen and oxygen atoms in total. The minimum Gasteiger partial charge on any atom is -0.393 e. The Labute approximate surface area is 132 Å². The Morgan fingerprint density at radius 1 is 1.13 bits per heavy atom. The second-order valence-electron chi connectivity index (χ2n) is 4.93. The number of anilines is 4. The number of nitrogens with one attached hydrogen (secondary N) is 2. The van der Waals surface area contributed by atoms with Crippen LogP contribution in [0.15, 0.2) is 30.6 Å². The molecule has 0 unspecified atom stereocenters. The molecule has 4 N–H and O–H groups in total. The third kappa shape index (κ3) is 4.24. The number of nitrogen functional groups attached to an aromatic ring is 1. The lowest BCUT2D eigenvalue weighted by atomic mass is 10.1. The van der Waals surface area contributed by atoms with E-state index < -0.39 is 11.7 Å². The number of nitrogens with zero attached hydrogens (tertiary/aromatic N) is 2. The average molecular weight is 325 g/mol. The first-order chi connectivity index (χ1) is 10.9. The van der Waals surface area contributed by atoms with Crippen molar-refractivity contribution in [1.29, 1.82) is 0 Å². The van der Waals surface area contributed by atoms with E-state index in [0.29, 0.717) is 12.4 Å². The third-order valence-corrected chi connectivity index (χ3v) is 3.19. The van der Waals surface area contributed by atoms with Crippen LogP contribution < -0.4 is 16.4 Å². The fourth-order valence-corrected chi connectivity index (χ4v) is 1.99. The highest BCUT2D eigenvalue weighted by Gasteiger charge is 2.33. The molecule has 0 atom stereocenters. The van der Waals surface area contributed by atoms with Crippen LogP contribution in [0.4, 0.5) is 36.2 Å². The second-order valence-corrected chi connectivity index (χ2v) is 4.93. The van der Waals surface area contributed by atoms with Gasteiger partial charge in [0.2, 0.25) is 0 Å². The van der Waals surface area contributed by atoms with Gasteiger partial charge in [0.15, 0.2) is 11.6 Å². The number of halogens is 3. The van der Waals surface area contributed by atoms with Crippen molar-refractivity contribution >= 4 is 23.0 Å². The summed E-state index contributed by atoms with van der Waals surface area (Å²) in [5, 5.41) is 5.69. The van der Waals surface area contributed by atoms with Crippen LogP contribution in [0.2, 0.25) is 0 Å². The number of unbranched alkanes of at least 4 members (excludes halogenated alkanes) is 1. The van der Waals surface area contributed by atoms with Crippen molar-refractivity contribution in [1.82, 2.24) is 9.97 Å². The first-order valence-corrected chi connectivity index (χ1v) is 7.21. The molecule has 0 saturated heterocycles. The predicted molar refractivity (Wildman–Crippen MR) is 84.6 cm³/mol. The highest BCUT2D eigenvalue weighted by Crippen LogP contribution is 2.36. The molecule has 0 aliphatic rings. The number of benzene rings is 1. The van der Waals surface area contributed by atoms with E-state index in [1.54, 1.807) is 0 Å². The van der Waals surface area contributed by atoms with Crippen LogP contribution in [-0.4, -0.2) is 16.5 Å². The molecule has 0 bridgehead atoms. The zero-order valence-electron chi connectivity index (χ0n) is 12.6. The van der Waals surface area contributed by atoms with Gasteiger partial charge in [0.05, 0.1) is 11.3 Å². The molecule has 0 fully saturated rings. The summed E-state index contributed by atoms with van der Waals surface area (Å²) in [7, 11) is 0. The van der Waals surface area contributed by atoms with E-state index in [1.807, 2.05) is 6.92 Å². The first kappa shape index (κ1) is 16.9. The van der Waals surface area contributed by atoms with Gasteiger partial charge in [-0.25, -0.2) is 9.97 Å². The van der Waals surface area contributed by atoms with Crippen LogP contribution in [0, 0.1) is 0 Å². The smallest absolute Gasteiger partial charge is 0.393 e. The Bertz CT molecular complexity index is 658. The molecule has 1 aromatic heterocycles. The Hall–Kier alpha value is -2.51. The molecule has 1 heterocycles. The molecule has 0 aliphatic heterocycles. The van der Waals surface area contributed by atoms with Crippen LogP contribution in [0.1, 0.15) is 25.3 Å². The summed E-state index contributed by atoms with van der Waals surface area (Å²) >= 11 is 0. The summed E-state index contributed by atoms with van der Waals surface area (Å²) in [6.07, 6.45) is -1.28. The largest absolute Gasteiger partial charge is 0.418 e. The number of aromatic nitrogens is 2. The Morgan fingerprint density at radius 2 is 1.83 bits per heavy atom. The first-order valence-electron chi connectivity index (χ1n) is 7.21. The molecular formula is C15H18F3N5. The number of hydrogen-bond acceptors (Lipinski definition) is 5. The molecule has 2 rings (SSSR count). The minimum atomic E-state index is -4.46. The van der Waals surface area contributed by atoms with Crippen LogP contribution in [-0.2, 0) is 6.18 Å². The second kappa shape index (κ2) is 7.17. The van der Waals surface area contributed by atoms with E-state index in [4.69, 9.17) is 5.73 Å². The van der Waals surface area contributed by atoms with Crippen molar-refractivity contribution < 1.29 is 13.2 Å². The molecule has 1 aromatic carbocycles. The van der Waals surface area contributed by atoms with Gasteiger partial charge in [-0.05, 0) is 18.6 Å². The molecule has 0 saturated carbocycles. The fraction of sp³-hybridized carbons (Fsp3) is 0.333. The van der Waals surface area contributed by atoms with Crippen molar-refractivity contribution in [2.75, 3.05) is 22.9 Å². The number of rotatable bonds is 6. The molecule has 0 aliphatic carbocycles.